The van der Waals surface area contributed by atoms with Crippen LogP contribution in [-0.2, 0) is 13.1 Å². The summed E-state index contributed by atoms with van der Waals surface area (Å²) >= 11 is 0. The van der Waals surface area contributed by atoms with Crippen LogP contribution in [0.5, 0.6) is 0 Å². The van der Waals surface area contributed by atoms with Gasteiger partial charge in [-0.1, -0.05) is 80.6 Å². The summed E-state index contributed by atoms with van der Waals surface area (Å²) < 4.78 is 0. The molecule has 0 heterocycles. The van der Waals surface area contributed by atoms with Crippen LogP contribution in [0, 0.1) is 11.8 Å². The third-order valence-corrected chi connectivity index (χ3v) is 5.36. The molecular formula is C24H29N2. The second-order valence-electron chi connectivity index (χ2n) is 7.12. The lowest BCUT2D eigenvalue weighted by atomic mass is 9.80. The SMILES string of the molecule is CCC(C)C1=C[C](C(c2cccc(CN)c2)c2cccc(CN)c2)C=C1. The van der Waals surface area contributed by atoms with Crippen LogP contribution in [0.15, 0.2) is 72.3 Å². The van der Waals surface area contributed by atoms with Crippen molar-refractivity contribution in [2.24, 2.45) is 17.4 Å². The van der Waals surface area contributed by atoms with Crippen molar-refractivity contribution in [2.45, 2.75) is 39.3 Å². The molecule has 0 fully saturated rings. The lowest BCUT2D eigenvalue weighted by Crippen LogP contribution is -2.10. The Morgan fingerprint density at radius 1 is 0.846 bits per heavy atom. The molecule has 4 N–H and O–H groups in total. The van der Waals surface area contributed by atoms with E-state index < -0.39 is 0 Å². The quantitative estimate of drug-likeness (QED) is 0.753. The van der Waals surface area contributed by atoms with E-state index in [1.165, 1.54) is 22.6 Å². The van der Waals surface area contributed by atoms with Gasteiger partial charge in [-0.15, -0.1) is 0 Å². The van der Waals surface area contributed by atoms with Crippen LogP contribution in [-0.4, -0.2) is 0 Å². The Kier molecular flexibility index (Phi) is 6.08. The van der Waals surface area contributed by atoms with Gasteiger partial charge in [0.2, 0.25) is 0 Å². The molecule has 3 rings (SSSR count). The summed E-state index contributed by atoms with van der Waals surface area (Å²) in [6.45, 7) is 5.65. The van der Waals surface area contributed by atoms with Crippen molar-refractivity contribution < 1.29 is 0 Å². The molecule has 0 aliphatic heterocycles. The number of nitrogens with two attached hydrogens (primary N) is 2. The van der Waals surface area contributed by atoms with E-state index in [4.69, 9.17) is 11.5 Å². The van der Waals surface area contributed by atoms with Crippen molar-refractivity contribution in [3.63, 3.8) is 0 Å². The maximum Gasteiger partial charge on any atom is 0.0315 e. The lowest BCUT2D eigenvalue weighted by Gasteiger charge is -2.23. The van der Waals surface area contributed by atoms with E-state index in [2.05, 4.69) is 80.6 Å². The van der Waals surface area contributed by atoms with Crippen LogP contribution in [0.25, 0.3) is 0 Å². The second-order valence-corrected chi connectivity index (χ2v) is 7.12. The first-order valence-corrected chi connectivity index (χ1v) is 9.50. The molecule has 1 unspecified atom stereocenters. The summed E-state index contributed by atoms with van der Waals surface area (Å²) in [7, 11) is 0. The Bertz CT molecular complexity index is 756. The van der Waals surface area contributed by atoms with Crippen LogP contribution >= 0.6 is 0 Å². The summed E-state index contributed by atoms with van der Waals surface area (Å²) in [5, 5.41) is 0. The number of benzene rings is 2. The Balaban J connectivity index is 2.05. The molecule has 0 bridgehead atoms. The van der Waals surface area contributed by atoms with Crippen molar-refractivity contribution in [3.8, 4) is 0 Å². The van der Waals surface area contributed by atoms with Crippen LogP contribution in [0.2, 0.25) is 0 Å². The molecule has 26 heavy (non-hydrogen) atoms. The van der Waals surface area contributed by atoms with Crippen molar-refractivity contribution in [1.29, 1.82) is 0 Å². The maximum absolute atomic E-state index is 5.89. The van der Waals surface area contributed by atoms with Crippen LogP contribution in [0.4, 0.5) is 0 Å². The summed E-state index contributed by atoms with van der Waals surface area (Å²) in [5.41, 5.74) is 18.1. The third-order valence-electron chi connectivity index (χ3n) is 5.36. The molecule has 1 aliphatic carbocycles. The summed E-state index contributed by atoms with van der Waals surface area (Å²) in [6, 6.07) is 17.3. The maximum atomic E-state index is 5.89. The minimum absolute atomic E-state index is 0.200. The van der Waals surface area contributed by atoms with Gasteiger partial charge in [-0.3, -0.25) is 0 Å². The van der Waals surface area contributed by atoms with Gasteiger partial charge in [-0.2, -0.15) is 0 Å². The minimum Gasteiger partial charge on any atom is -0.326 e. The molecule has 135 valence electrons. The first-order valence-electron chi connectivity index (χ1n) is 9.50. The van der Waals surface area contributed by atoms with Crippen molar-refractivity contribution >= 4 is 0 Å². The molecule has 2 aromatic carbocycles. The second kappa shape index (κ2) is 8.48. The van der Waals surface area contributed by atoms with E-state index in [9.17, 15) is 0 Å². The molecule has 1 radical (unpaired) electrons. The molecule has 1 aliphatic rings. The van der Waals surface area contributed by atoms with E-state index in [1.807, 2.05) is 0 Å². The first-order chi connectivity index (χ1) is 12.7. The minimum atomic E-state index is 0.200. The van der Waals surface area contributed by atoms with Gasteiger partial charge in [0.1, 0.15) is 0 Å². The summed E-state index contributed by atoms with van der Waals surface area (Å²) in [4.78, 5) is 0. The number of hydrogen-bond acceptors (Lipinski definition) is 2. The number of allylic oxidation sites excluding steroid dienone is 4. The standard InChI is InChI=1S/C24H29N2/c1-3-17(2)20-10-11-23(14-20)24(21-8-4-6-18(12-21)15-25)22-9-5-7-19(13-22)16-26/h4-14,17,24H,3,15-16,25-26H2,1-2H3. The van der Waals surface area contributed by atoms with Crippen LogP contribution < -0.4 is 11.5 Å². The van der Waals surface area contributed by atoms with Gasteiger partial charge in [0, 0.05) is 24.9 Å². The molecule has 0 amide bonds. The highest BCUT2D eigenvalue weighted by Crippen LogP contribution is 2.40. The molecule has 2 aromatic rings. The molecule has 0 saturated heterocycles. The topological polar surface area (TPSA) is 52.0 Å². The first kappa shape index (κ1) is 18.6. The van der Waals surface area contributed by atoms with Crippen molar-refractivity contribution in [1.82, 2.24) is 0 Å². The molecular weight excluding hydrogens is 316 g/mol. The van der Waals surface area contributed by atoms with Gasteiger partial charge >= 0.3 is 0 Å². The fourth-order valence-corrected chi connectivity index (χ4v) is 3.58. The predicted molar refractivity (Wildman–Crippen MR) is 110 cm³/mol. The summed E-state index contributed by atoms with van der Waals surface area (Å²) in [6.07, 6.45) is 8.06. The molecule has 1 atom stereocenters. The van der Waals surface area contributed by atoms with E-state index in [1.54, 1.807) is 0 Å². The smallest absolute Gasteiger partial charge is 0.0315 e. The Hall–Kier alpha value is -2.16. The van der Waals surface area contributed by atoms with Gasteiger partial charge in [0.15, 0.2) is 0 Å². The zero-order valence-electron chi connectivity index (χ0n) is 15.8. The van der Waals surface area contributed by atoms with E-state index in [-0.39, 0.29) is 5.92 Å². The highest BCUT2D eigenvalue weighted by atomic mass is 14.5. The number of hydrogen-bond donors (Lipinski definition) is 2. The average Bonchev–Trinajstić information content (AvgIpc) is 3.17. The Morgan fingerprint density at radius 2 is 1.42 bits per heavy atom. The van der Waals surface area contributed by atoms with E-state index in [0.29, 0.717) is 19.0 Å². The van der Waals surface area contributed by atoms with Crippen molar-refractivity contribution in [3.05, 3.63) is 101 Å². The highest BCUT2D eigenvalue weighted by molar-refractivity contribution is 5.53. The molecule has 2 nitrogen and oxygen atoms in total. The molecule has 0 saturated carbocycles. The Labute approximate surface area is 157 Å². The fraction of sp³-hybridized carbons (Fsp3) is 0.292. The van der Waals surface area contributed by atoms with Gasteiger partial charge < -0.3 is 11.5 Å². The zero-order valence-corrected chi connectivity index (χ0v) is 15.8. The monoisotopic (exact) mass is 345 g/mol. The van der Waals surface area contributed by atoms with Gasteiger partial charge in [-0.05, 0) is 40.2 Å². The largest absolute Gasteiger partial charge is 0.326 e. The molecule has 0 spiro atoms. The molecule has 2 heteroatoms. The number of rotatable bonds is 7. The van der Waals surface area contributed by atoms with E-state index in [0.717, 1.165) is 17.5 Å². The predicted octanol–water partition coefficient (Wildman–Crippen LogP) is 4.85. The average molecular weight is 346 g/mol. The van der Waals surface area contributed by atoms with Gasteiger partial charge in [0.05, 0.1) is 0 Å². The van der Waals surface area contributed by atoms with E-state index >= 15 is 0 Å². The van der Waals surface area contributed by atoms with Crippen LogP contribution in [0.1, 0.15) is 48.4 Å². The van der Waals surface area contributed by atoms with Crippen molar-refractivity contribution in [2.75, 3.05) is 0 Å². The third kappa shape index (κ3) is 3.98. The van der Waals surface area contributed by atoms with Gasteiger partial charge in [0.25, 0.3) is 0 Å². The zero-order chi connectivity index (χ0) is 18.5. The lowest BCUT2D eigenvalue weighted by molar-refractivity contribution is 0.671. The fourth-order valence-electron chi connectivity index (χ4n) is 3.58. The molecule has 0 aromatic heterocycles. The summed E-state index contributed by atoms with van der Waals surface area (Å²) in [5.74, 6) is 2.12. The Morgan fingerprint density at radius 3 is 1.92 bits per heavy atom. The van der Waals surface area contributed by atoms with Gasteiger partial charge in [-0.25, -0.2) is 0 Å². The normalized spacial score (nSPS) is 15.5. The highest BCUT2D eigenvalue weighted by Gasteiger charge is 2.26. The van der Waals surface area contributed by atoms with Crippen LogP contribution in [0.3, 0.4) is 0 Å².